The van der Waals surface area contributed by atoms with E-state index >= 15 is 0 Å². The molecule has 1 aromatic heterocycles. The lowest BCUT2D eigenvalue weighted by molar-refractivity contribution is 0.0697. The minimum atomic E-state index is -0.914. The maximum absolute atomic E-state index is 11.6. The number of hydrogen-bond acceptors (Lipinski definition) is 3. The van der Waals surface area contributed by atoms with Gasteiger partial charge in [-0.05, 0) is 60.4 Å². The molecule has 0 fully saturated rings. The van der Waals surface area contributed by atoms with Gasteiger partial charge >= 0.3 is 5.97 Å². The van der Waals surface area contributed by atoms with Gasteiger partial charge in [0.25, 0.3) is 0 Å². The fraction of sp³-hybridized carbons (Fsp3) is 0.167. The summed E-state index contributed by atoms with van der Waals surface area (Å²) in [6.07, 6.45) is 1.08. The van der Waals surface area contributed by atoms with Crippen LogP contribution >= 0.6 is 11.8 Å². The van der Waals surface area contributed by atoms with Crippen molar-refractivity contribution in [2.45, 2.75) is 25.4 Å². The number of aromatic nitrogens is 2. The van der Waals surface area contributed by atoms with E-state index in [-0.39, 0.29) is 0 Å². The van der Waals surface area contributed by atoms with Gasteiger partial charge in [0, 0.05) is 11.4 Å². The van der Waals surface area contributed by atoms with Crippen LogP contribution in [0.25, 0.3) is 27.8 Å². The SMILES string of the molecule is CCCSc1nc2ccccc2n1-c1ccc(-c2ccccc2C(=O)O)c(C)c1. The van der Waals surface area contributed by atoms with Crippen LogP contribution in [0.4, 0.5) is 0 Å². The molecule has 0 bridgehead atoms. The third-order valence-electron chi connectivity index (χ3n) is 4.88. The molecule has 4 aromatic rings. The first-order valence-corrected chi connectivity index (χ1v) is 10.6. The van der Waals surface area contributed by atoms with Crippen LogP contribution in [0, 0.1) is 6.92 Å². The van der Waals surface area contributed by atoms with Crippen molar-refractivity contribution in [2.24, 2.45) is 0 Å². The smallest absolute Gasteiger partial charge is 0.336 e. The van der Waals surface area contributed by atoms with Crippen molar-refractivity contribution in [2.75, 3.05) is 5.75 Å². The first-order chi connectivity index (χ1) is 14.1. The number of thioether (sulfide) groups is 1. The number of benzene rings is 3. The van der Waals surface area contributed by atoms with E-state index in [0.717, 1.165) is 50.7 Å². The van der Waals surface area contributed by atoms with E-state index in [1.807, 2.05) is 49.4 Å². The van der Waals surface area contributed by atoms with Crippen molar-refractivity contribution in [3.63, 3.8) is 0 Å². The van der Waals surface area contributed by atoms with E-state index in [9.17, 15) is 9.90 Å². The van der Waals surface area contributed by atoms with Crippen LogP contribution in [0.15, 0.2) is 71.9 Å². The molecule has 1 heterocycles. The van der Waals surface area contributed by atoms with Gasteiger partial charge in [0.1, 0.15) is 0 Å². The number of carboxylic acids is 1. The highest BCUT2D eigenvalue weighted by Crippen LogP contribution is 2.32. The Kier molecular flexibility index (Phi) is 5.41. The Bertz CT molecular complexity index is 1200. The standard InChI is InChI=1S/C24H22N2O2S/c1-3-14-29-24-25-21-10-6-7-11-22(21)26(24)17-12-13-18(16(2)15-17)19-8-4-5-9-20(19)23(27)28/h4-13,15H,3,14H2,1-2H3,(H,27,28). The lowest BCUT2D eigenvalue weighted by Gasteiger charge is -2.14. The fourth-order valence-corrected chi connectivity index (χ4v) is 4.42. The zero-order chi connectivity index (χ0) is 20.4. The first kappa shape index (κ1) is 19.3. The van der Waals surface area contributed by atoms with E-state index < -0.39 is 5.97 Å². The molecule has 146 valence electrons. The van der Waals surface area contributed by atoms with Gasteiger partial charge < -0.3 is 5.11 Å². The second-order valence-corrected chi connectivity index (χ2v) is 7.98. The summed E-state index contributed by atoms with van der Waals surface area (Å²) in [6, 6.07) is 21.5. The molecule has 0 atom stereocenters. The maximum Gasteiger partial charge on any atom is 0.336 e. The average molecular weight is 403 g/mol. The van der Waals surface area contributed by atoms with Crippen molar-refractivity contribution in [1.82, 2.24) is 9.55 Å². The van der Waals surface area contributed by atoms with Gasteiger partial charge in [-0.3, -0.25) is 4.57 Å². The Morgan fingerprint density at radius 1 is 1.03 bits per heavy atom. The van der Waals surface area contributed by atoms with Crippen LogP contribution in [-0.2, 0) is 0 Å². The zero-order valence-corrected chi connectivity index (χ0v) is 17.2. The number of aryl methyl sites for hydroxylation is 1. The molecule has 0 unspecified atom stereocenters. The van der Waals surface area contributed by atoms with Crippen molar-refractivity contribution in [1.29, 1.82) is 0 Å². The van der Waals surface area contributed by atoms with Gasteiger partial charge in [0.15, 0.2) is 5.16 Å². The summed E-state index contributed by atoms with van der Waals surface area (Å²) in [6.45, 7) is 4.19. The second-order valence-electron chi connectivity index (χ2n) is 6.92. The molecule has 0 aliphatic rings. The number of rotatable bonds is 6. The van der Waals surface area contributed by atoms with Gasteiger partial charge in [0.05, 0.1) is 16.6 Å². The fourth-order valence-electron chi connectivity index (χ4n) is 3.54. The lowest BCUT2D eigenvalue weighted by Crippen LogP contribution is -2.01. The van der Waals surface area contributed by atoms with Gasteiger partial charge in [-0.1, -0.05) is 55.1 Å². The van der Waals surface area contributed by atoms with Crippen LogP contribution in [0.1, 0.15) is 29.3 Å². The van der Waals surface area contributed by atoms with Gasteiger partial charge in [-0.15, -0.1) is 0 Å². The molecule has 0 spiro atoms. The predicted octanol–water partition coefficient (Wildman–Crippen LogP) is 6.20. The number of carboxylic acid groups (broad SMARTS) is 1. The summed E-state index contributed by atoms with van der Waals surface area (Å²) in [4.78, 5) is 16.5. The zero-order valence-electron chi connectivity index (χ0n) is 16.4. The molecular formula is C24H22N2O2S. The van der Waals surface area contributed by atoms with Crippen LogP contribution in [0.5, 0.6) is 0 Å². The van der Waals surface area contributed by atoms with E-state index in [0.29, 0.717) is 5.56 Å². The molecule has 29 heavy (non-hydrogen) atoms. The number of para-hydroxylation sites is 2. The Labute approximate surface area is 174 Å². The largest absolute Gasteiger partial charge is 0.478 e. The molecule has 0 aliphatic carbocycles. The Hall–Kier alpha value is -3.05. The summed E-state index contributed by atoms with van der Waals surface area (Å²) in [7, 11) is 0. The van der Waals surface area contributed by atoms with Crippen molar-refractivity contribution in [3.8, 4) is 16.8 Å². The Balaban J connectivity index is 1.85. The van der Waals surface area contributed by atoms with E-state index in [2.05, 4.69) is 23.6 Å². The van der Waals surface area contributed by atoms with E-state index in [4.69, 9.17) is 4.98 Å². The third-order valence-corrected chi connectivity index (χ3v) is 6.03. The van der Waals surface area contributed by atoms with E-state index in [1.54, 1.807) is 23.9 Å². The summed E-state index contributed by atoms with van der Waals surface area (Å²) in [5.74, 6) is 0.0924. The second kappa shape index (κ2) is 8.13. The Morgan fingerprint density at radius 2 is 1.79 bits per heavy atom. The summed E-state index contributed by atoms with van der Waals surface area (Å²) in [5.41, 5.74) is 6.09. The van der Waals surface area contributed by atoms with Crippen molar-refractivity contribution >= 4 is 28.8 Å². The maximum atomic E-state index is 11.6. The number of aromatic carboxylic acids is 1. The highest BCUT2D eigenvalue weighted by Gasteiger charge is 2.16. The normalized spacial score (nSPS) is 11.1. The lowest BCUT2D eigenvalue weighted by atomic mass is 9.95. The molecule has 4 nitrogen and oxygen atoms in total. The average Bonchev–Trinajstić information content (AvgIpc) is 3.10. The molecule has 3 aromatic carbocycles. The molecular weight excluding hydrogens is 380 g/mol. The minimum Gasteiger partial charge on any atom is -0.478 e. The third kappa shape index (κ3) is 3.66. The topological polar surface area (TPSA) is 55.1 Å². The number of fused-ring (bicyclic) bond motifs is 1. The quantitative estimate of drug-likeness (QED) is 0.390. The molecule has 1 N–H and O–H groups in total. The molecule has 4 rings (SSSR count). The predicted molar refractivity (Wildman–Crippen MR) is 119 cm³/mol. The summed E-state index contributed by atoms with van der Waals surface area (Å²) < 4.78 is 2.19. The van der Waals surface area contributed by atoms with Crippen LogP contribution in [-0.4, -0.2) is 26.4 Å². The van der Waals surface area contributed by atoms with Crippen molar-refractivity contribution in [3.05, 3.63) is 77.9 Å². The van der Waals surface area contributed by atoms with Gasteiger partial charge in [-0.25, -0.2) is 9.78 Å². The Morgan fingerprint density at radius 3 is 2.55 bits per heavy atom. The van der Waals surface area contributed by atoms with Gasteiger partial charge in [-0.2, -0.15) is 0 Å². The molecule has 0 radical (unpaired) electrons. The van der Waals surface area contributed by atoms with Crippen LogP contribution in [0.2, 0.25) is 0 Å². The first-order valence-electron chi connectivity index (χ1n) is 9.64. The van der Waals surface area contributed by atoms with Crippen LogP contribution < -0.4 is 0 Å². The molecule has 5 heteroatoms. The van der Waals surface area contributed by atoms with E-state index in [1.165, 1.54) is 0 Å². The van der Waals surface area contributed by atoms with Crippen molar-refractivity contribution < 1.29 is 9.90 Å². The highest BCUT2D eigenvalue weighted by atomic mass is 32.2. The minimum absolute atomic E-state index is 0.315. The molecule has 0 aliphatic heterocycles. The number of carbonyl (C=O) groups is 1. The summed E-state index contributed by atoms with van der Waals surface area (Å²) in [5, 5.41) is 10.5. The number of nitrogens with zero attached hydrogens (tertiary/aromatic N) is 2. The van der Waals surface area contributed by atoms with Gasteiger partial charge in [0.2, 0.25) is 0 Å². The van der Waals surface area contributed by atoms with Crippen LogP contribution in [0.3, 0.4) is 0 Å². The monoisotopic (exact) mass is 402 g/mol. The summed E-state index contributed by atoms with van der Waals surface area (Å²) >= 11 is 1.75. The number of hydrogen-bond donors (Lipinski definition) is 1. The molecule has 0 saturated heterocycles. The number of imidazole rings is 1. The molecule has 0 amide bonds. The molecule has 0 saturated carbocycles. The highest BCUT2D eigenvalue weighted by molar-refractivity contribution is 7.99.